The van der Waals surface area contributed by atoms with E-state index in [4.69, 9.17) is 27.9 Å². The van der Waals surface area contributed by atoms with Crippen LogP contribution in [0.4, 0.5) is 0 Å². The van der Waals surface area contributed by atoms with Crippen molar-refractivity contribution in [3.05, 3.63) is 62.5 Å². The number of hydrogen-bond acceptors (Lipinski definition) is 2. The van der Waals surface area contributed by atoms with Crippen molar-refractivity contribution in [2.45, 2.75) is 6.10 Å². The van der Waals surface area contributed by atoms with Gasteiger partial charge in [-0.05, 0) is 34.6 Å². The van der Waals surface area contributed by atoms with Gasteiger partial charge in [0, 0.05) is 17.1 Å². The Kier molecular flexibility index (Phi) is 5.73. The van der Waals surface area contributed by atoms with E-state index in [1.54, 1.807) is 12.1 Å². The molecule has 0 amide bonds. The first-order valence-corrected chi connectivity index (χ1v) is 7.67. The third kappa shape index (κ3) is 3.89. The first-order chi connectivity index (χ1) is 9.61. The lowest BCUT2D eigenvalue weighted by molar-refractivity contribution is 0.205. The van der Waals surface area contributed by atoms with Crippen LogP contribution in [0.15, 0.2) is 46.9 Å². The Bertz CT molecular complexity index is 578. The summed E-state index contributed by atoms with van der Waals surface area (Å²) in [4.78, 5) is 0. The van der Waals surface area contributed by atoms with Gasteiger partial charge in [0.05, 0.1) is 10.0 Å². The second-order valence-electron chi connectivity index (χ2n) is 4.27. The van der Waals surface area contributed by atoms with Crippen molar-refractivity contribution < 1.29 is 4.74 Å². The van der Waals surface area contributed by atoms with Gasteiger partial charge in [-0.1, -0.05) is 53.5 Å². The van der Waals surface area contributed by atoms with Gasteiger partial charge < -0.3 is 10.1 Å². The highest BCUT2D eigenvalue weighted by Gasteiger charge is 2.15. The smallest absolute Gasteiger partial charge is 0.140 e. The number of nitrogens with one attached hydrogen (secondary N) is 1. The maximum absolute atomic E-state index is 6.20. The van der Waals surface area contributed by atoms with E-state index < -0.39 is 0 Å². The average molecular weight is 375 g/mol. The van der Waals surface area contributed by atoms with Gasteiger partial charge in [-0.25, -0.2) is 0 Å². The third-order valence-electron chi connectivity index (χ3n) is 2.80. The molecule has 2 aromatic carbocycles. The molecule has 5 heteroatoms. The van der Waals surface area contributed by atoms with Gasteiger partial charge in [-0.3, -0.25) is 0 Å². The number of ether oxygens (including phenoxy) is 1. The molecule has 0 aliphatic carbocycles. The van der Waals surface area contributed by atoms with Crippen LogP contribution >= 0.6 is 39.1 Å². The minimum Gasteiger partial charge on any atom is -0.483 e. The Morgan fingerprint density at radius 2 is 1.85 bits per heavy atom. The second-order valence-corrected chi connectivity index (χ2v) is 5.94. The van der Waals surface area contributed by atoms with Crippen LogP contribution in [0.2, 0.25) is 10.0 Å². The summed E-state index contributed by atoms with van der Waals surface area (Å²) in [7, 11) is 1.88. The van der Waals surface area contributed by atoms with Crippen molar-refractivity contribution in [1.29, 1.82) is 0 Å². The van der Waals surface area contributed by atoms with Gasteiger partial charge in [-0.2, -0.15) is 0 Å². The second kappa shape index (κ2) is 7.32. The van der Waals surface area contributed by atoms with Crippen LogP contribution in [-0.2, 0) is 0 Å². The van der Waals surface area contributed by atoms with Crippen molar-refractivity contribution in [2.24, 2.45) is 0 Å². The summed E-state index contributed by atoms with van der Waals surface area (Å²) in [5.41, 5.74) is 1.08. The highest BCUT2D eigenvalue weighted by Crippen LogP contribution is 2.36. The molecule has 1 unspecified atom stereocenters. The van der Waals surface area contributed by atoms with Crippen LogP contribution in [0.5, 0.6) is 5.75 Å². The Morgan fingerprint density at radius 3 is 2.50 bits per heavy atom. The van der Waals surface area contributed by atoms with Gasteiger partial charge in [0.15, 0.2) is 0 Å². The van der Waals surface area contributed by atoms with E-state index in [0.29, 0.717) is 22.3 Å². The molecule has 0 radical (unpaired) electrons. The molecule has 0 fully saturated rings. The molecule has 0 aliphatic rings. The Labute approximate surface area is 137 Å². The van der Waals surface area contributed by atoms with E-state index in [2.05, 4.69) is 21.2 Å². The molecule has 0 saturated heterocycles. The topological polar surface area (TPSA) is 21.3 Å². The van der Waals surface area contributed by atoms with E-state index in [9.17, 15) is 0 Å². The molecule has 2 nitrogen and oxygen atoms in total. The normalized spacial score (nSPS) is 12.2. The summed E-state index contributed by atoms with van der Waals surface area (Å²) >= 11 is 15.6. The zero-order valence-electron chi connectivity index (χ0n) is 10.9. The fourth-order valence-corrected chi connectivity index (χ4v) is 2.67. The molecule has 0 aromatic heterocycles. The Morgan fingerprint density at radius 1 is 1.15 bits per heavy atom. The quantitative estimate of drug-likeness (QED) is 0.735. The number of rotatable bonds is 5. The zero-order valence-corrected chi connectivity index (χ0v) is 14.0. The standard InChI is InChI=1S/C15H14BrCl2NO/c1-19-9-15(10-5-3-2-4-6-10)20-14-8-12(17)11(16)7-13(14)18/h2-8,15,19H,9H2,1H3. The summed E-state index contributed by atoms with van der Waals surface area (Å²) in [5, 5.41) is 4.22. The van der Waals surface area contributed by atoms with Gasteiger partial charge in [0.25, 0.3) is 0 Å². The largest absolute Gasteiger partial charge is 0.483 e. The Hall–Kier alpha value is -0.740. The number of benzene rings is 2. The third-order valence-corrected chi connectivity index (χ3v) is 4.30. The van der Waals surface area contributed by atoms with E-state index in [0.717, 1.165) is 10.0 Å². The number of likely N-dealkylation sites (N-methyl/N-ethyl adjacent to an activating group) is 1. The molecular weight excluding hydrogens is 361 g/mol. The molecule has 2 rings (SSSR count). The summed E-state index contributed by atoms with van der Waals surface area (Å²) in [6.07, 6.45) is -0.129. The van der Waals surface area contributed by atoms with E-state index in [1.807, 2.05) is 37.4 Å². The summed E-state index contributed by atoms with van der Waals surface area (Å²) in [6, 6.07) is 13.4. The van der Waals surface area contributed by atoms with E-state index >= 15 is 0 Å². The average Bonchev–Trinajstić information content (AvgIpc) is 2.45. The zero-order chi connectivity index (χ0) is 14.5. The lowest BCUT2D eigenvalue weighted by Gasteiger charge is -2.20. The molecule has 1 N–H and O–H groups in total. The molecule has 2 aromatic rings. The van der Waals surface area contributed by atoms with Crippen LogP contribution in [0.25, 0.3) is 0 Å². The summed E-state index contributed by atoms with van der Waals surface area (Å²) in [6.45, 7) is 0.675. The van der Waals surface area contributed by atoms with Crippen LogP contribution in [-0.4, -0.2) is 13.6 Å². The highest BCUT2D eigenvalue weighted by atomic mass is 79.9. The fourth-order valence-electron chi connectivity index (χ4n) is 1.83. The minimum absolute atomic E-state index is 0.129. The van der Waals surface area contributed by atoms with Gasteiger partial charge in [0.2, 0.25) is 0 Å². The molecule has 0 spiro atoms. The molecule has 0 aliphatic heterocycles. The summed E-state index contributed by atoms with van der Waals surface area (Å²) < 4.78 is 6.76. The van der Waals surface area contributed by atoms with Gasteiger partial charge in [-0.15, -0.1) is 0 Å². The van der Waals surface area contributed by atoms with Crippen LogP contribution < -0.4 is 10.1 Å². The van der Waals surface area contributed by atoms with Crippen molar-refractivity contribution in [3.63, 3.8) is 0 Å². The van der Waals surface area contributed by atoms with Crippen LogP contribution in [0.1, 0.15) is 11.7 Å². The SMILES string of the molecule is CNCC(Oc1cc(Cl)c(Br)cc1Cl)c1ccccc1. The van der Waals surface area contributed by atoms with Gasteiger partial charge >= 0.3 is 0 Å². The minimum atomic E-state index is -0.129. The first-order valence-electron chi connectivity index (χ1n) is 6.12. The molecule has 0 bridgehead atoms. The highest BCUT2D eigenvalue weighted by molar-refractivity contribution is 9.10. The van der Waals surface area contributed by atoms with E-state index in [-0.39, 0.29) is 6.10 Å². The monoisotopic (exact) mass is 373 g/mol. The predicted molar refractivity (Wildman–Crippen MR) is 87.9 cm³/mol. The van der Waals surface area contributed by atoms with Crippen LogP contribution in [0, 0.1) is 0 Å². The molecule has 106 valence electrons. The fraction of sp³-hybridized carbons (Fsp3) is 0.200. The Balaban J connectivity index is 2.27. The molecular formula is C15H14BrCl2NO. The maximum Gasteiger partial charge on any atom is 0.140 e. The lowest BCUT2D eigenvalue weighted by atomic mass is 10.1. The first kappa shape index (κ1) is 15.6. The molecule has 0 saturated carbocycles. The van der Waals surface area contributed by atoms with Gasteiger partial charge in [0.1, 0.15) is 11.9 Å². The van der Waals surface area contributed by atoms with Crippen molar-refractivity contribution in [3.8, 4) is 5.75 Å². The summed E-state index contributed by atoms with van der Waals surface area (Å²) in [5.74, 6) is 0.573. The maximum atomic E-state index is 6.20. The van der Waals surface area contributed by atoms with Crippen molar-refractivity contribution in [2.75, 3.05) is 13.6 Å². The molecule has 0 heterocycles. The lowest BCUT2D eigenvalue weighted by Crippen LogP contribution is -2.22. The number of halogens is 3. The van der Waals surface area contributed by atoms with Crippen molar-refractivity contribution in [1.82, 2.24) is 5.32 Å². The molecule has 1 atom stereocenters. The predicted octanol–water partition coefficient (Wildman–Crippen LogP) is 5.10. The molecule has 20 heavy (non-hydrogen) atoms. The van der Waals surface area contributed by atoms with Crippen molar-refractivity contribution >= 4 is 39.1 Å². The van der Waals surface area contributed by atoms with E-state index in [1.165, 1.54) is 0 Å². The van der Waals surface area contributed by atoms with Crippen LogP contribution in [0.3, 0.4) is 0 Å². The number of hydrogen-bond donors (Lipinski definition) is 1.